The molecule has 1 N–H and O–H groups in total. The number of halogens is 2. The van der Waals surface area contributed by atoms with Crippen molar-refractivity contribution in [3.8, 4) is 11.1 Å². The average molecular weight is 445 g/mol. The summed E-state index contributed by atoms with van der Waals surface area (Å²) in [6.45, 7) is 8.46. The van der Waals surface area contributed by atoms with Crippen LogP contribution in [0.4, 0.5) is 8.78 Å². The number of rotatable bonds is 5. The van der Waals surface area contributed by atoms with Crippen LogP contribution in [0.2, 0.25) is 0 Å². The van der Waals surface area contributed by atoms with Crippen molar-refractivity contribution in [3.63, 3.8) is 0 Å². The molecule has 4 rings (SSSR count). The molecule has 3 aromatic rings. The molecule has 172 valence electrons. The van der Waals surface area contributed by atoms with Gasteiger partial charge >= 0.3 is 6.55 Å². The third-order valence-corrected chi connectivity index (χ3v) is 5.44. The van der Waals surface area contributed by atoms with E-state index in [4.69, 9.17) is 0 Å². The van der Waals surface area contributed by atoms with E-state index in [1.54, 1.807) is 4.90 Å². The molecular formula is C23H30F2N6O. The number of alkyl halides is 2. The van der Waals surface area contributed by atoms with Gasteiger partial charge < -0.3 is 4.90 Å². The minimum Gasteiger partial charge on any atom is -0.337 e. The van der Waals surface area contributed by atoms with Gasteiger partial charge in [-0.1, -0.05) is 27.7 Å². The van der Waals surface area contributed by atoms with Gasteiger partial charge in [0.1, 0.15) is 5.69 Å². The Balaban J connectivity index is 0.00000141. The summed E-state index contributed by atoms with van der Waals surface area (Å²) in [5, 5.41) is 10.8. The van der Waals surface area contributed by atoms with Gasteiger partial charge in [-0.15, -0.1) is 0 Å². The van der Waals surface area contributed by atoms with Gasteiger partial charge in [0.2, 0.25) is 0 Å². The van der Waals surface area contributed by atoms with Gasteiger partial charge in [0.25, 0.3) is 5.91 Å². The molecule has 1 aliphatic rings. The van der Waals surface area contributed by atoms with Crippen LogP contribution in [0.1, 0.15) is 80.1 Å². The van der Waals surface area contributed by atoms with E-state index in [1.807, 2.05) is 52.8 Å². The Morgan fingerprint density at radius 2 is 1.94 bits per heavy atom. The summed E-state index contributed by atoms with van der Waals surface area (Å²) in [5.41, 5.74) is 4.43. The van der Waals surface area contributed by atoms with Crippen molar-refractivity contribution in [2.75, 3.05) is 13.1 Å². The second-order valence-corrected chi connectivity index (χ2v) is 8.01. The summed E-state index contributed by atoms with van der Waals surface area (Å²) in [7, 11) is 0. The number of aryl methyl sites for hydroxylation is 1. The lowest BCUT2D eigenvalue weighted by Gasteiger charge is -2.15. The predicted octanol–water partition coefficient (Wildman–Crippen LogP) is 5.15. The molecule has 1 aliphatic heterocycles. The summed E-state index contributed by atoms with van der Waals surface area (Å²) in [6, 6.07) is 5.57. The quantitative estimate of drug-likeness (QED) is 0.590. The molecule has 1 saturated heterocycles. The normalized spacial score (nSPS) is 15.9. The second-order valence-electron chi connectivity index (χ2n) is 8.01. The minimum atomic E-state index is -2.67. The van der Waals surface area contributed by atoms with Crippen molar-refractivity contribution in [2.24, 2.45) is 0 Å². The molecule has 0 saturated carbocycles. The number of hydrogen-bond acceptors (Lipinski definition) is 4. The number of hydrogen-bond donors (Lipinski definition) is 1. The zero-order chi connectivity index (χ0) is 23.4. The highest BCUT2D eigenvalue weighted by atomic mass is 19.3. The second kappa shape index (κ2) is 10.0. The zero-order valence-corrected chi connectivity index (χ0v) is 19.1. The first-order chi connectivity index (χ1) is 15.3. The van der Waals surface area contributed by atoms with Gasteiger partial charge in [-0.25, -0.2) is 4.68 Å². The lowest BCUT2D eigenvalue weighted by Crippen LogP contribution is -2.28. The van der Waals surface area contributed by atoms with E-state index >= 15 is 0 Å². The fourth-order valence-corrected chi connectivity index (χ4v) is 3.75. The molecule has 0 aromatic carbocycles. The lowest BCUT2D eigenvalue weighted by atomic mass is 10.00. The monoisotopic (exact) mass is 444 g/mol. The Hall–Kier alpha value is -3.10. The predicted molar refractivity (Wildman–Crippen MR) is 119 cm³/mol. The Morgan fingerprint density at radius 3 is 2.56 bits per heavy atom. The molecule has 32 heavy (non-hydrogen) atoms. The molecule has 4 heterocycles. The van der Waals surface area contributed by atoms with E-state index < -0.39 is 6.55 Å². The highest BCUT2D eigenvalue weighted by Crippen LogP contribution is 2.31. The summed E-state index contributed by atoms with van der Waals surface area (Å²) < 4.78 is 26.3. The summed E-state index contributed by atoms with van der Waals surface area (Å²) in [4.78, 5) is 19.3. The van der Waals surface area contributed by atoms with Crippen LogP contribution in [0.25, 0.3) is 11.1 Å². The van der Waals surface area contributed by atoms with Crippen LogP contribution in [-0.2, 0) is 0 Å². The van der Waals surface area contributed by atoms with Gasteiger partial charge in [0, 0.05) is 47.8 Å². The van der Waals surface area contributed by atoms with Gasteiger partial charge in [0.15, 0.2) is 0 Å². The number of pyridine rings is 1. The average Bonchev–Trinajstić information content (AvgIpc) is 3.55. The molecule has 0 radical (unpaired) electrons. The van der Waals surface area contributed by atoms with Crippen LogP contribution in [0.15, 0.2) is 30.6 Å². The maximum atomic E-state index is 12.8. The zero-order valence-electron chi connectivity index (χ0n) is 19.1. The number of H-pyrrole nitrogens is 1. The molecule has 0 bridgehead atoms. The van der Waals surface area contributed by atoms with Gasteiger partial charge in [0.05, 0.1) is 6.20 Å². The van der Waals surface area contributed by atoms with Gasteiger partial charge in [-0.2, -0.15) is 19.0 Å². The summed E-state index contributed by atoms with van der Waals surface area (Å²) in [5.74, 6) is 0.266. The minimum absolute atomic E-state index is 0.0845. The molecule has 9 heteroatoms. The Morgan fingerprint density at radius 1 is 1.19 bits per heavy atom. The smallest absolute Gasteiger partial charge is 0.333 e. The van der Waals surface area contributed by atoms with E-state index in [1.165, 1.54) is 12.4 Å². The van der Waals surface area contributed by atoms with Gasteiger partial charge in [-0.05, 0) is 43.0 Å². The number of nitrogens with one attached hydrogen (secondary N) is 1. The van der Waals surface area contributed by atoms with E-state index in [2.05, 4.69) is 20.3 Å². The number of nitrogens with zero attached hydrogens (tertiary/aromatic N) is 5. The van der Waals surface area contributed by atoms with Crippen molar-refractivity contribution < 1.29 is 13.6 Å². The lowest BCUT2D eigenvalue weighted by molar-refractivity contribution is 0.0566. The van der Waals surface area contributed by atoms with E-state index in [0.717, 1.165) is 29.1 Å². The maximum absolute atomic E-state index is 12.8. The van der Waals surface area contributed by atoms with Crippen LogP contribution in [0.3, 0.4) is 0 Å². The maximum Gasteiger partial charge on any atom is 0.333 e. The number of likely N-dealkylation sites (tertiary alicyclic amines) is 1. The molecular weight excluding hydrogens is 414 g/mol. The highest BCUT2D eigenvalue weighted by molar-refractivity contribution is 5.92. The fourth-order valence-electron chi connectivity index (χ4n) is 3.75. The van der Waals surface area contributed by atoms with Crippen LogP contribution >= 0.6 is 0 Å². The topological polar surface area (TPSA) is 79.7 Å². The van der Waals surface area contributed by atoms with Gasteiger partial charge in [-0.3, -0.25) is 14.9 Å². The number of carbonyl (C=O) groups is 1. The van der Waals surface area contributed by atoms with Crippen molar-refractivity contribution in [1.29, 1.82) is 0 Å². The first kappa shape index (κ1) is 23.6. The number of aromatic nitrogens is 5. The summed E-state index contributed by atoms with van der Waals surface area (Å²) in [6.07, 6.45) is 3.55. The standard InChI is InChI=1S/C21H24F2N6O.C2H6/c1-12(2)17-8-19(27-26-17)20(30)28-5-4-14(10-28)18-7-15(6-13(3)25-18)16-9-24-29(11-16)21(22)23;1-2/h6-9,11-12,14,21H,4-5,10H2,1-3H3,(H,26,27);1-2H3. The van der Waals surface area contributed by atoms with Crippen molar-refractivity contribution in [3.05, 3.63) is 53.4 Å². The van der Waals surface area contributed by atoms with Crippen LogP contribution in [0.5, 0.6) is 0 Å². The summed E-state index contributed by atoms with van der Waals surface area (Å²) >= 11 is 0. The Labute approximate surface area is 186 Å². The van der Waals surface area contributed by atoms with Crippen molar-refractivity contribution >= 4 is 5.91 Å². The third-order valence-electron chi connectivity index (χ3n) is 5.44. The third kappa shape index (κ3) is 5.03. The fraction of sp³-hybridized carbons (Fsp3) is 0.478. The van der Waals surface area contributed by atoms with E-state index in [-0.39, 0.29) is 17.7 Å². The molecule has 7 nitrogen and oxygen atoms in total. The Bertz CT molecular complexity index is 1060. The highest BCUT2D eigenvalue weighted by Gasteiger charge is 2.30. The van der Waals surface area contributed by atoms with Crippen LogP contribution < -0.4 is 0 Å². The van der Waals surface area contributed by atoms with Crippen molar-refractivity contribution in [1.82, 2.24) is 29.9 Å². The molecule has 3 aromatic heterocycles. The van der Waals surface area contributed by atoms with Crippen molar-refractivity contribution in [2.45, 2.75) is 59.4 Å². The number of amides is 1. The Kier molecular flexibility index (Phi) is 7.37. The molecule has 0 spiro atoms. The first-order valence-electron chi connectivity index (χ1n) is 11.0. The van der Waals surface area contributed by atoms with Crippen LogP contribution in [-0.4, -0.2) is 48.9 Å². The van der Waals surface area contributed by atoms with Crippen LogP contribution in [0, 0.1) is 6.92 Å². The molecule has 1 unspecified atom stereocenters. The first-order valence-corrected chi connectivity index (χ1v) is 11.0. The largest absolute Gasteiger partial charge is 0.337 e. The molecule has 1 fully saturated rings. The van der Waals surface area contributed by atoms with E-state index in [0.29, 0.717) is 29.0 Å². The molecule has 1 atom stereocenters. The SMILES string of the molecule is CC.Cc1cc(-c2cnn(C(F)F)c2)cc(C2CCN(C(=O)c3cc(C(C)C)[nH]n3)C2)n1. The number of carbonyl (C=O) groups excluding carboxylic acids is 1. The molecule has 0 aliphatic carbocycles. The van der Waals surface area contributed by atoms with E-state index in [9.17, 15) is 13.6 Å². The molecule has 1 amide bonds. The number of aromatic amines is 1.